The summed E-state index contributed by atoms with van der Waals surface area (Å²) < 4.78 is 5.55. The monoisotopic (exact) mass is 338 g/mol. The molecule has 2 heterocycles. The number of aliphatic hydroxyl groups is 1. The number of ether oxygens (including phenoxy) is 1. The van der Waals surface area contributed by atoms with Gasteiger partial charge in [-0.3, -0.25) is 4.79 Å². The summed E-state index contributed by atoms with van der Waals surface area (Å²) in [5, 5.41) is 9.92. The van der Waals surface area contributed by atoms with Crippen molar-refractivity contribution in [3.05, 3.63) is 52.1 Å². The fourth-order valence-corrected chi connectivity index (χ4v) is 2.38. The molecule has 0 atom stereocenters. The summed E-state index contributed by atoms with van der Waals surface area (Å²) >= 11 is 12.0. The van der Waals surface area contributed by atoms with Crippen molar-refractivity contribution in [3.8, 4) is 11.6 Å². The lowest BCUT2D eigenvalue weighted by molar-refractivity contribution is 0.00586. The van der Waals surface area contributed by atoms with Gasteiger partial charge in [0, 0.05) is 25.4 Å². The molecule has 3 rings (SSSR count). The summed E-state index contributed by atoms with van der Waals surface area (Å²) in [5.74, 6) is 0.543. The number of hydrogen-bond donors (Lipinski definition) is 1. The first-order valence-corrected chi connectivity index (χ1v) is 7.35. The van der Waals surface area contributed by atoms with Crippen molar-refractivity contribution >= 4 is 29.1 Å². The number of likely N-dealkylation sites (tertiary alicyclic amines) is 1. The van der Waals surface area contributed by atoms with Gasteiger partial charge < -0.3 is 14.7 Å². The van der Waals surface area contributed by atoms with Crippen LogP contribution >= 0.6 is 23.2 Å². The van der Waals surface area contributed by atoms with E-state index in [-0.39, 0.29) is 5.91 Å². The van der Waals surface area contributed by atoms with E-state index in [4.69, 9.17) is 27.9 Å². The number of β-amino-alcohol motifs (C(OH)–C–C–N with tert-alkyl or cyclic N) is 1. The number of nitrogens with zero attached hydrogens (tertiary/aromatic N) is 2. The maximum Gasteiger partial charge on any atom is 0.255 e. The van der Waals surface area contributed by atoms with E-state index in [0.29, 0.717) is 40.3 Å². The highest BCUT2D eigenvalue weighted by molar-refractivity contribution is 6.42. The zero-order valence-electron chi connectivity index (χ0n) is 11.4. The van der Waals surface area contributed by atoms with E-state index >= 15 is 0 Å². The number of halogens is 2. The van der Waals surface area contributed by atoms with E-state index in [1.54, 1.807) is 35.2 Å². The minimum atomic E-state index is -0.426. The third-order valence-corrected chi connectivity index (χ3v) is 4.07. The predicted molar refractivity (Wildman–Crippen MR) is 82.7 cm³/mol. The standard InChI is InChI=1S/C15H12Cl2N2O3/c16-11-2-1-3-12(14(11)17)22-13-5-4-9(6-18-13)15(21)19-7-10(20)8-19/h1-6,10,20H,7-8H2. The van der Waals surface area contributed by atoms with E-state index < -0.39 is 6.10 Å². The Hall–Kier alpha value is -1.82. The van der Waals surface area contributed by atoms with Gasteiger partial charge in [-0.25, -0.2) is 4.98 Å². The van der Waals surface area contributed by atoms with Crippen molar-refractivity contribution in [2.45, 2.75) is 6.10 Å². The number of aromatic nitrogens is 1. The molecular weight excluding hydrogens is 327 g/mol. The van der Waals surface area contributed by atoms with Crippen LogP contribution in [0.5, 0.6) is 11.6 Å². The molecule has 114 valence electrons. The van der Waals surface area contributed by atoms with Crippen molar-refractivity contribution in [3.63, 3.8) is 0 Å². The molecule has 1 N–H and O–H groups in total. The van der Waals surface area contributed by atoms with Gasteiger partial charge >= 0.3 is 0 Å². The van der Waals surface area contributed by atoms with Gasteiger partial charge in [-0.1, -0.05) is 29.3 Å². The molecule has 2 aromatic rings. The van der Waals surface area contributed by atoms with Crippen LogP contribution < -0.4 is 4.74 Å². The molecule has 1 aromatic heterocycles. The normalized spacial score (nSPS) is 14.6. The first-order chi connectivity index (χ1) is 10.5. The predicted octanol–water partition coefficient (Wildman–Crippen LogP) is 3.00. The molecule has 1 fully saturated rings. The molecule has 5 nitrogen and oxygen atoms in total. The average molecular weight is 339 g/mol. The molecular formula is C15H12Cl2N2O3. The van der Waals surface area contributed by atoms with Crippen LogP contribution in [0, 0.1) is 0 Å². The molecule has 0 unspecified atom stereocenters. The Balaban J connectivity index is 1.71. The second-order valence-corrected chi connectivity index (χ2v) is 5.69. The van der Waals surface area contributed by atoms with Gasteiger partial charge in [-0.15, -0.1) is 0 Å². The van der Waals surface area contributed by atoms with E-state index in [1.165, 1.54) is 6.20 Å². The molecule has 22 heavy (non-hydrogen) atoms. The maximum atomic E-state index is 12.0. The van der Waals surface area contributed by atoms with Crippen molar-refractivity contribution < 1.29 is 14.6 Å². The Bertz CT molecular complexity index is 700. The lowest BCUT2D eigenvalue weighted by Gasteiger charge is -2.35. The summed E-state index contributed by atoms with van der Waals surface area (Å²) in [6, 6.07) is 8.26. The lowest BCUT2D eigenvalue weighted by atomic mass is 10.1. The summed E-state index contributed by atoms with van der Waals surface area (Å²) in [7, 11) is 0. The Morgan fingerprint density at radius 1 is 1.27 bits per heavy atom. The molecule has 1 amide bonds. The molecule has 0 bridgehead atoms. The largest absolute Gasteiger partial charge is 0.437 e. The highest BCUT2D eigenvalue weighted by atomic mass is 35.5. The first kappa shape index (κ1) is 15.1. The number of amides is 1. The second-order valence-electron chi connectivity index (χ2n) is 4.90. The van der Waals surface area contributed by atoms with Crippen molar-refractivity contribution in [2.24, 2.45) is 0 Å². The number of carbonyl (C=O) groups is 1. The van der Waals surface area contributed by atoms with Crippen LogP contribution in [-0.4, -0.2) is 40.1 Å². The summed E-state index contributed by atoms with van der Waals surface area (Å²) in [4.78, 5) is 17.7. The molecule has 1 aromatic carbocycles. The zero-order valence-corrected chi connectivity index (χ0v) is 12.9. The molecule has 7 heteroatoms. The van der Waals surface area contributed by atoms with Crippen LogP contribution in [0.3, 0.4) is 0 Å². The fourth-order valence-electron chi connectivity index (χ4n) is 2.05. The van der Waals surface area contributed by atoms with E-state index in [2.05, 4.69) is 4.98 Å². The number of rotatable bonds is 3. The summed E-state index contributed by atoms with van der Waals surface area (Å²) in [6.07, 6.45) is 1.00. The van der Waals surface area contributed by atoms with Crippen LogP contribution in [0.4, 0.5) is 0 Å². The minimum Gasteiger partial charge on any atom is -0.437 e. The SMILES string of the molecule is O=C(c1ccc(Oc2cccc(Cl)c2Cl)nc1)N1CC(O)C1. The molecule has 0 spiro atoms. The van der Waals surface area contributed by atoms with Gasteiger partial charge in [0.2, 0.25) is 5.88 Å². The van der Waals surface area contributed by atoms with Crippen LogP contribution in [0.2, 0.25) is 10.0 Å². The molecule has 1 aliphatic heterocycles. The van der Waals surface area contributed by atoms with Crippen molar-refractivity contribution in [2.75, 3.05) is 13.1 Å². The lowest BCUT2D eigenvalue weighted by Crippen LogP contribution is -2.53. The van der Waals surface area contributed by atoms with Gasteiger partial charge in [0.15, 0.2) is 0 Å². The van der Waals surface area contributed by atoms with Crippen LogP contribution in [-0.2, 0) is 0 Å². The number of pyridine rings is 1. The highest BCUT2D eigenvalue weighted by Crippen LogP contribution is 2.34. The molecule has 1 aliphatic rings. The van der Waals surface area contributed by atoms with Crippen LogP contribution in [0.25, 0.3) is 0 Å². The van der Waals surface area contributed by atoms with Crippen LogP contribution in [0.15, 0.2) is 36.5 Å². The third-order valence-electron chi connectivity index (χ3n) is 3.26. The van der Waals surface area contributed by atoms with E-state index in [9.17, 15) is 9.90 Å². The quantitative estimate of drug-likeness (QED) is 0.934. The Labute approximate surface area is 137 Å². The van der Waals surface area contributed by atoms with Gasteiger partial charge in [0.1, 0.15) is 10.8 Å². The first-order valence-electron chi connectivity index (χ1n) is 6.60. The van der Waals surface area contributed by atoms with Crippen molar-refractivity contribution in [1.29, 1.82) is 0 Å². The molecule has 1 saturated heterocycles. The third kappa shape index (κ3) is 3.02. The Morgan fingerprint density at radius 3 is 2.68 bits per heavy atom. The molecule has 0 aliphatic carbocycles. The van der Waals surface area contributed by atoms with Gasteiger partial charge in [-0.05, 0) is 18.2 Å². The highest BCUT2D eigenvalue weighted by Gasteiger charge is 2.29. The second kappa shape index (κ2) is 6.12. The van der Waals surface area contributed by atoms with Gasteiger partial charge in [-0.2, -0.15) is 0 Å². The average Bonchev–Trinajstić information content (AvgIpc) is 2.49. The number of carbonyl (C=O) groups excluding carboxylic acids is 1. The van der Waals surface area contributed by atoms with Crippen molar-refractivity contribution in [1.82, 2.24) is 9.88 Å². The van der Waals surface area contributed by atoms with E-state index in [1.807, 2.05) is 0 Å². The Morgan fingerprint density at radius 2 is 2.05 bits per heavy atom. The number of aliphatic hydroxyl groups excluding tert-OH is 1. The molecule has 0 radical (unpaired) electrons. The number of benzene rings is 1. The Kier molecular flexibility index (Phi) is 4.20. The van der Waals surface area contributed by atoms with Crippen LogP contribution in [0.1, 0.15) is 10.4 Å². The molecule has 0 saturated carbocycles. The topological polar surface area (TPSA) is 62.7 Å². The zero-order chi connectivity index (χ0) is 15.7. The summed E-state index contributed by atoms with van der Waals surface area (Å²) in [6.45, 7) is 0.713. The number of hydrogen-bond acceptors (Lipinski definition) is 4. The van der Waals surface area contributed by atoms with Gasteiger partial charge in [0.05, 0.1) is 16.7 Å². The van der Waals surface area contributed by atoms with E-state index in [0.717, 1.165) is 0 Å². The maximum absolute atomic E-state index is 12.0. The fraction of sp³-hybridized carbons (Fsp3) is 0.200. The minimum absolute atomic E-state index is 0.162. The van der Waals surface area contributed by atoms with Gasteiger partial charge in [0.25, 0.3) is 5.91 Å². The smallest absolute Gasteiger partial charge is 0.255 e. The summed E-state index contributed by atoms with van der Waals surface area (Å²) in [5.41, 5.74) is 0.441.